The second-order valence-electron chi connectivity index (χ2n) is 7.03. The number of nitrogens with one attached hydrogen (secondary N) is 1. The Morgan fingerprint density at radius 2 is 1.93 bits per heavy atom. The molecular formula is C20H21N3O3S. The Balaban J connectivity index is 1.59. The molecule has 4 rings (SSSR count). The first-order valence-corrected chi connectivity index (χ1v) is 11.0. The standard InChI is InChI=1S/C20H21N3O3S/c1-27(25,26)13-19-21-17-8-4-5-9-18(17)23(19)12-20(24)22-16-11-10-14-6-2-3-7-15(14)16/h2-9,16H,10-13H2,1H3,(H,22,24). The molecule has 1 N–H and O–H groups in total. The third kappa shape index (κ3) is 3.73. The predicted octanol–water partition coefficient (Wildman–Crippen LogP) is 2.38. The third-order valence-electron chi connectivity index (χ3n) is 4.89. The summed E-state index contributed by atoms with van der Waals surface area (Å²) in [6, 6.07) is 15.5. The molecule has 27 heavy (non-hydrogen) atoms. The van der Waals surface area contributed by atoms with Crippen LogP contribution < -0.4 is 5.32 Å². The van der Waals surface area contributed by atoms with Crippen molar-refractivity contribution < 1.29 is 13.2 Å². The van der Waals surface area contributed by atoms with Gasteiger partial charge in [0.2, 0.25) is 5.91 Å². The van der Waals surface area contributed by atoms with E-state index in [0.717, 1.165) is 23.9 Å². The van der Waals surface area contributed by atoms with E-state index >= 15 is 0 Å². The van der Waals surface area contributed by atoms with Crippen LogP contribution in [-0.2, 0) is 33.4 Å². The van der Waals surface area contributed by atoms with E-state index in [2.05, 4.69) is 22.4 Å². The molecule has 1 aromatic heterocycles. The average Bonchev–Trinajstić information content (AvgIpc) is 3.16. The van der Waals surface area contributed by atoms with E-state index in [1.54, 1.807) is 4.57 Å². The van der Waals surface area contributed by atoms with E-state index < -0.39 is 9.84 Å². The summed E-state index contributed by atoms with van der Waals surface area (Å²) in [6.45, 7) is 0.0457. The topological polar surface area (TPSA) is 81.1 Å². The lowest BCUT2D eigenvalue weighted by atomic mass is 10.1. The number of carbonyl (C=O) groups is 1. The molecule has 0 aliphatic heterocycles. The molecule has 1 amide bonds. The fourth-order valence-electron chi connectivity index (χ4n) is 3.74. The van der Waals surface area contributed by atoms with Gasteiger partial charge in [0.15, 0.2) is 9.84 Å². The van der Waals surface area contributed by atoms with Crippen LogP contribution in [0.5, 0.6) is 0 Å². The Bertz CT molecular complexity index is 1120. The highest BCUT2D eigenvalue weighted by atomic mass is 32.2. The van der Waals surface area contributed by atoms with E-state index in [1.807, 2.05) is 36.4 Å². The van der Waals surface area contributed by atoms with Crippen LogP contribution in [0.4, 0.5) is 0 Å². The molecule has 1 unspecified atom stereocenters. The predicted molar refractivity (Wildman–Crippen MR) is 104 cm³/mol. The monoisotopic (exact) mass is 383 g/mol. The van der Waals surface area contributed by atoms with E-state index in [4.69, 9.17) is 0 Å². The number of hydrogen-bond acceptors (Lipinski definition) is 4. The molecule has 140 valence electrons. The second kappa shape index (κ2) is 6.81. The Kier molecular flexibility index (Phi) is 4.47. The quantitative estimate of drug-likeness (QED) is 0.733. The second-order valence-corrected chi connectivity index (χ2v) is 9.17. The van der Waals surface area contributed by atoms with Crippen molar-refractivity contribution in [2.24, 2.45) is 0 Å². The van der Waals surface area contributed by atoms with Gasteiger partial charge in [-0.3, -0.25) is 4.79 Å². The van der Waals surface area contributed by atoms with E-state index in [0.29, 0.717) is 11.3 Å². The first-order valence-electron chi connectivity index (χ1n) is 8.90. The lowest BCUT2D eigenvalue weighted by Crippen LogP contribution is -2.31. The summed E-state index contributed by atoms with van der Waals surface area (Å²) in [5, 5.41) is 3.09. The van der Waals surface area contributed by atoms with Crippen LogP contribution in [0.25, 0.3) is 11.0 Å². The minimum atomic E-state index is -3.26. The summed E-state index contributed by atoms with van der Waals surface area (Å²) < 4.78 is 25.3. The van der Waals surface area contributed by atoms with Gasteiger partial charge in [-0.2, -0.15) is 0 Å². The first-order chi connectivity index (χ1) is 12.9. The molecule has 1 heterocycles. The highest BCUT2D eigenvalue weighted by molar-refractivity contribution is 7.89. The molecule has 1 aliphatic rings. The number of rotatable bonds is 5. The third-order valence-corrected chi connectivity index (χ3v) is 5.68. The van der Waals surface area contributed by atoms with Crippen molar-refractivity contribution in [2.45, 2.75) is 31.2 Å². The van der Waals surface area contributed by atoms with Crippen molar-refractivity contribution in [3.05, 3.63) is 65.5 Å². The lowest BCUT2D eigenvalue weighted by molar-refractivity contribution is -0.122. The van der Waals surface area contributed by atoms with Gasteiger partial charge in [-0.25, -0.2) is 13.4 Å². The van der Waals surface area contributed by atoms with Gasteiger partial charge in [-0.15, -0.1) is 0 Å². The summed E-state index contributed by atoms with van der Waals surface area (Å²) >= 11 is 0. The Hall–Kier alpha value is -2.67. The van der Waals surface area contributed by atoms with Crippen molar-refractivity contribution in [3.63, 3.8) is 0 Å². The number of imidazole rings is 1. The van der Waals surface area contributed by atoms with Gasteiger partial charge in [0, 0.05) is 6.26 Å². The molecule has 0 radical (unpaired) electrons. The van der Waals surface area contributed by atoms with Gasteiger partial charge in [0.25, 0.3) is 0 Å². The molecule has 0 spiro atoms. The number of amides is 1. The SMILES string of the molecule is CS(=O)(=O)Cc1nc2ccccc2n1CC(=O)NC1CCc2ccccc21. The fourth-order valence-corrected chi connectivity index (χ4v) is 4.43. The highest BCUT2D eigenvalue weighted by Gasteiger charge is 2.24. The molecule has 0 bridgehead atoms. The number of para-hydroxylation sites is 2. The smallest absolute Gasteiger partial charge is 0.240 e. The molecule has 1 aliphatic carbocycles. The van der Waals surface area contributed by atoms with Crippen LogP contribution in [-0.4, -0.2) is 30.1 Å². The minimum absolute atomic E-state index is 0.00171. The van der Waals surface area contributed by atoms with E-state index in [1.165, 1.54) is 11.8 Å². The Labute approximate surface area is 158 Å². The molecule has 6 nitrogen and oxygen atoms in total. The van der Waals surface area contributed by atoms with E-state index in [9.17, 15) is 13.2 Å². The lowest BCUT2D eigenvalue weighted by Gasteiger charge is -2.15. The zero-order valence-corrected chi connectivity index (χ0v) is 15.9. The normalized spacial score (nSPS) is 16.4. The zero-order chi connectivity index (χ0) is 19.0. The van der Waals surface area contributed by atoms with Gasteiger partial charge in [-0.05, 0) is 36.1 Å². The van der Waals surface area contributed by atoms with Gasteiger partial charge in [-0.1, -0.05) is 36.4 Å². The number of fused-ring (bicyclic) bond motifs is 2. The fraction of sp³-hybridized carbons (Fsp3) is 0.300. The molecule has 1 atom stereocenters. The number of carbonyl (C=O) groups excluding carboxylic acids is 1. The summed E-state index contributed by atoms with van der Waals surface area (Å²) in [5.74, 6) is 0.0524. The Morgan fingerprint density at radius 3 is 2.74 bits per heavy atom. The number of aromatic nitrogens is 2. The number of nitrogens with zero attached hydrogens (tertiary/aromatic N) is 2. The van der Waals surface area contributed by atoms with Gasteiger partial charge >= 0.3 is 0 Å². The maximum atomic E-state index is 12.7. The zero-order valence-electron chi connectivity index (χ0n) is 15.1. The largest absolute Gasteiger partial charge is 0.348 e. The van der Waals surface area contributed by atoms with Crippen molar-refractivity contribution in [1.29, 1.82) is 0 Å². The van der Waals surface area contributed by atoms with Crippen LogP contribution in [0.3, 0.4) is 0 Å². The van der Waals surface area contributed by atoms with Gasteiger partial charge in [0.1, 0.15) is 18.1 Å². The molecule has 0 fully saturated rings. The summed E-state index contributed by atoms with van der Waals surface area (Å²) in [4.78, 5) is 17.2. The van der Waals surface area contributed by atoms with Gasteiger partial charge in [0.05, 0.1) is 17.1 Å². The number of benzene rings is 2. The first kappa shape index (κ1) is 17.7. The average molecular weight is 383 g/mol. The minimum Gasteiger partial charge on any atom is -0.348 e. The van der Waals surface area contributed by atoms with Crippen LogP contribution in [0.2, 0.25) is 0 Å². The maximum absolute atomic E-state index is 12.7. The van der Waals surface area contributed by atoms with E-state index in [-0.39, 0.29) is 24.2 Å². The van der Waals surface area contributed by atoms with Crippen molar-refractivity contribution in [2.75, 3.05) is 6.26 Å². The van der Waals surface area contributed by atoms with Crippen LogP contribution in [0.15, 0.2) is 48.5 Å². The summed E-state index contributed by atoms with van der Waals surface area (Å²) in [6.07, 6.45) is 3.01. The van der Waals surface area contributed by atoms with Crippen LogP contribution in [0.1, 0.15) is 29.4 Å². The van der Waals surface area contributed by atoms with Crippen LogP contribution >= 0.6 is 0 Å². The van der Waals surface area contributed by atoms with Crippen molar-refractivity contribution in [3.8, 4) is 0 Å². The van der Waals surface area contributed by atoms with Crippen molar-refractivity contribution >= 4 is 26.8 Å². The van der Waals surface area contributed by atoms with Crippen molar-refractivity contribution in [1.82, 2.24) is 14.9 Å². The molecular weight excluding hydrogens is 362 g/mol. The molecule has 3 aromatic rings. The molecule has 0 saturated carbocycles. The number of sulfone groups is 1. The molecule has 2 aromatic carbocycles. The maximum Gasteiger partial charge on any atom is 0.240 e. The number of aryl methyl sites for hydroxylation is 1. The van der Waals surface area contributed by atoms with Crippen LogP contribution in [0, 0.1) is 0 Å². The molecule has 7 heteroatoms. The Morgan fingerprint density at radius 1 is 1.19 bits per heavy atom. The number of hydrogen-bond donors (Lipinski definition) is 1. The molecule has 0 saturated heterocycles. The highest BCUT2D eigenvalue weighted by Crippen LogP contribution is 2.30. The van der Waals surface area contributed by atoms with Gasteiger partial charge < -0.3 is 9.88 Å². The summed E-state index contributed by atoms with van der Waals surface area (Å²) in [7, 11) is -3.26. The summed E-state index contributed by atoms with van der Waals surface area (Å²) in [5.41, 5.74) is 3.89.